The zero-order chi connectivity index (χ0) is 16.1. The van der Waals surface area contributed by atoms with Crippen molar-refractivity contribution < 1.29 is 13.5 Å². The summed E-state index contributed by atoms with van der Waals surface area (Å²) < 4.78 is 26.7. The molecule has 0 fully saturated rings. The molecule has 0 amide bonds. The first kappa shape index (κ1) is 17.8. The molecule has 116 valence electrons. The smallest absolute Gasteiger partial charge is 0.233 e. The third kappa shape index (κ3) is 6.85. The number of aliphatic hydroxyl groups excluding tert-OH is 1. The highest BCUT2D eigenvalue weighted by Crippen LogP contribution is 2.25. The van der Waals surface area contributed by atoms with E-state index in [1.807, 2.05) is 20.8 Å². The van der Waals surface area contributed by atoms with Crippen molar-refractivity contribution in [3.63, 3.8) is 0 Å². The van der Waals surface area contributed by atoms with Crippen LogP contribution in [0.15, 0.2) is 18.2 Å². The lowest BCUT2D eigenvalue weighted by Gasteiger charge is -2.19. The molecule has 1 aromatic carbocycles. The number of aliphatic hydroxyl groups is 1. The van der Waals surface area contributed by atoms with Crippen LogP contribution >= 0.6 is 11.6 Å². The fourth-order valence-electron chi connectivity index (χ4n) is 1.68. The Labute approximate surface area is 131 Å². The van der Waals surface area contributed by atoms with Crippen molar-refractivity contribution >= 4 is 27.3 Å². The average Bonchev–Trinajstić information content (AvgIpc) is 2.30. The predicted molar refractivity (Wildman–Crippen MR) is 86.9 cm³/mol. The lowest BCUT2D eigenvalue weighted by atomic mass is 10.0. The lowest BCUT2D eigenvalue weighted by Crippen LogP contribution is -2.26. The van der Waals surface area contributed by atoms with Crippen LogP contribution in [0.5, 0.6) is 0 Å². The fourth-order valence-corrected chi connectivity index (χ4v) is 3.61. The van der Waals surface area contributed by atoms with Gasteiger partial charge in [0, 0.05) is 12.0 Å². The Morgan fingerprint density at radius 3 is 2.57 bits per heavy atom. The van der Waals surface area contributed by atoms with Gasteiger partial charge in [0.1, 0.15) is 0 Å². The summed E-state index contributed by atoms with van der Waals surface area (Å²) >= 11 is 6.02. The number of anilines is 1. The Morgan fingerprint density at radius 1 is 1.33 bits per heavy atom. The summed E-state index contributed by atoms with van der Waals surface area (Å²) in [5, 5.41) is 9.01. The van der Waals surface area contributed by atoms with E-state index in [9.17, 15) is 8.42 Å². The normalized spacial score (nSPS) is 11.7. The van der Waals surface area contributed by atoms with Crippen LogP contribution in [0.4, 0.5) is 5.69 Å². The fraction of sp³-hybridized carbons (Fsp3) is 0.467. The molecule has 0 aliphatic rings. The highest BCUT2D eigenvalue weighted by molar-refractivity contribution is 7.92. The molecule has 0 aliphatic heterocycles. The maximum atomic E-state index is 12.1. The van der Waals surface area contributed by atoms with E-state index in [-0.39, 0.29) is 17.8 Å². The Morgan fingerprint density at radius 2 is 2.00 bits per heavy atom. The molecule has 0 radical (unpaired) electrons. The average molecular weight is 330 g/mol. The number of hydrogen-bond acceptors (Lipinski definition) is 3. The molecule has 0 spiro atoms. The van der Waals surface area contributed by atoms with Crippen LogP contribution in [-0.2, 0) is 10.0 Å². The number of sulfonamides is 1. The molecule has 6 heteroatoms. The molecular formula is C15H20ClNO3S. The maximum Gasteiger partial charge on any atom is 0.233 e. The van der Waals surface area contributed by atoms with Gasteiger partial charge in [-0.1, -0.05) is 44.2 Å². The van der Waals surface area contributed by atoms with E-state index < -0.39 is 10.0 Å². The van der Waals surface area contributed by atoms with Crippen LogP contribution in [0.2, 0.25) is 5.02 Å². The Bertz CT molecular complexity index is 652. The van der Waals surface area contributed by atoms with E-state index in [1.165, 1.54) is 0 Å². The molecule has 0 saturated carbocycles. The molecule has 4 nitrogen and oxygen atoms in total. The van der Waals surface area contributed by atoms with Crippen LogP contribution in [0.3, 0.4) is 0 Å². The minimum absolute atomic E-state index is 0.00323. The van der Waals surface area contributed by atoms with Crippen molar-refractivity contribution in [2.45, 2.75) is 27.2 Å². The van der Waals surface area contributed by atoms with Crippen molar-refractivity contribution in [2.75, 3.05) is 17.1 Å². The monoisotopic (exact) mass is 329 g/mol. The van der Waals surface area contributed by atoms with Gasteiger partial charge in [-0.05, 0) is 23.6 Å². The van der Waals surface area contributed by atoms with Gasteiger partial charge in [0.25, 0.3) is 0 Å². The van der Waals surface area contributed by atoms with Gasteiger partial charge in [-0.2, -0.15) is 0 Å². The Kier molecular flexibility index (Phi) is 6.09. The predicted octanol–water partition coefficient (Wildman–Crippen LogP) is 2.86. The van der Waals surface area contributed by atoms with E-state index in [4.69, 9.17) is 16.7 Å². The first-order valence-corrected chi connectivity index (χ1v) is 8.56. The minimum Gasteiger partial charge on any atom is -0.395 e. The largest absolute Gasteiger partial charge is 0.395 e. The van der Waals surface area contributed by atoms with Crippen molar-refractivity contribution in [1.29, 1.82) is 0 Å². The van der Waals surface area contributed by atoms with Crippen LogP contribution in [0.1, 0.15) is 32.8 Å². The molecule has 0 heterocycles. The summed E-state index contributed by atoms with van der Waals surface area (Å²) in [6.07, 6.45) is 0.369. The molecule has 0 unspecified atom stereocenters. The van der Waals surface area contributed by atoms with E-state index in [2.05, 4.69) is 16.6 Å². The van der Waals surface area contributed by atoms with E-state index >= 15 is 0 Å². The van der Waals surface area contributed by atoms with Crippen molar-refractivity contribution in [3.05, 3.63) is 28.8 Å². The van der Waals surface area contributed by atoms with E-state index in [0.717, 1.165) is 0 Å². The third-order valence-electron chi connectivity index (χ3n) is 2.32. The molecular weight excluding hydrogens is 310 g/mol. The van der Waals surface area contributed by atoms with Crippen LogP contribution in [-0.4, -0.2) is 25.9 Å². The number of halogens is 1. The van der Waals surface area contributed by atoms with Crippen LogP contribution < -0.4 is 4.72 Å². The zero-order valence-electron chi connectivity index (χ0n) is 12.4. The van der Waals surface area contributed by atoms with Crippen molar-refractivity contribution in [3.8, 4) is 11.8 Å². The highest BCUT2D eigenvalue weighted by atomic mass is 35.5. The quantitative estimate of drug-likeness (QED) is 0.835. The van der Waals surface area contributed by atoms with Gasteiger partial charge < -0.3 is 5.11 Å². The summed E-state index contributed by atoms with van der Waals surface area (Å²) in [6, 6.07) is 4.89. The summed E-state index contributed by atoms with van der Waals surface area (Å²) in [5.74, 6) is 5.62. The number of benzene rings is 1. The summed E-state index contributed by atoms with van der Waals surface area (Å²) in [4.78, 5) is 0. The Balaban J connectivity index is 2.98. The van der Waals surface area contributed by atoms with Gasteiger partial charge >= 0.3 is 0 Å². The molecule has 1 rings (SSSR count). The summed E-state index contributed by atoms with van der Waals surface area (Å²) in [6.45, 7) is 5.55. The molecule has 1 aromatic rings. The number of hydrogen-bond donors (Lipinski definition) is 2. The first-order valence-electron chi connectivity index (χ1n) is 6.53. The molecule has 0 aliphatic carbocycles. The van der Waals surface area contributed by atoms with Gasteiger partial charge in [0.2, 0.25) is 10.0 Å². The SMILES string of the molecule is CC(C)(C)CS(=O)(=O)Nc1cc(C#CCCO)ccc1Cl. The number of nitrogens with one attached hydrogen (secondary N) is 1. The molecule has 0 aromatic heterocycles. The van der Waals surface area contributed by atoms with Gasteiger partial charge in [0.05, 0.1) is 23.1 Å². The second kappa shape index (κ2) is 7.17. The molecule has 2 N–H and O–H groups in total. The van der Waals surface area contributed by atoms with Crippen molar-refractivity contribution in [2.24, 2.45) is 5.41 Å². The van der Waals surface area contributed by atoms with Crippen LogP contribution in [0, 0.1) is 17.3 Å². The summed E-state index contributed by atoms with van der Waals surface area (Å²) in [7, 11) is -3.48. The van der Waals surface area contributed by atoms with Crippen LogP contribution in [0.25, 0.3) is 0 Å². The van der Waals surface area contributed by atoms with E-state index in [0.29, 0.717) is 22.7 Å². The van der Waals surface area contributed by atoms with Crippen molar-refractivity contribution in [1.82, 2.24) is 0 Å². The molecule has 0 atom stereocenters. The van der Waals surface area contributed by atoms with Gasteiger partial charge in [0.15, 0.2) is 0 Å². The van der Waals surface area contributed by atoms with E-state index in [1.54, 1.807) is 18.2 Å². The number of rotatable bonds is 4. The summed E-state index contributed by atoms with van der Waals surface area (Å²) in [5.41, 5.74) is 0.606. The van der Waals surface area contributed by atoms with Gasteiger partial charge in [-0.15, -0.1) is 0 Å². The second-order valence-corrected chi connectivity index (χ2v) is 8.02. The van der Waals surface area contributed by atoms with Gasteiger partial charge in [-0.25, -0.2) is 8.42 Å². The first-order chi connectivity index (χ1) is 9.63. The molecule has 0 saturated heterocycles. The standard InChI is InChI=1S/C15H20ClNO3S/c1-15(2,3)11-21(19,20)17-14-10-12(6-4-5-9-18)7-8-13(14)16/h7-8,10,17-18H,5,9,11H2,1-3H3. The Hall–Kier alpha value is -1.22. The lowest BCUT2D eigenvalue weighted by molar-refractivity contribution is 0.305. The maximum absolute atomic E-state index is 12.1. The minimum atomic E-state index is -3.48. The molecule has 0 bridgehead atoms. The van der Waals surface area contributed by atoms with Gasteiger partial charge in [-0.3, -0.25) is 4.72 Å². The second-order valence-electron chi connectivity index (χ2n) is 5.89. The third-order valence-corrected chi connectivity index (χ3v) is 4.43. The highest BCUT2D eigenvalue weighted by Gasteiger charge is 2.22. The topological polar surface area (TPSA) is 66.4 Å². The zero-order valence-corrected chi connectivity index (χ0v) is 14.0. The molecule has 21 heavy (non-hydrogen) atoms.